The zero-order valence-corrected chi connectivity index (χ0v) is 9.05. The van der Waals surface area contributed by atoms with E-state index in [4.69, 9.17) is 5.11 Å². The van der Waals surface area contributed by atoms with Gasteiger partial charge in [-0.25, -0.2) is 4.79 Å². The molecule has 0 aliphatic carbocycles. The third-order valence-electron chi connectivity index (χ3n) is 2.23. The van der Waals surface area contributed by atoms with E-state index in [9.17, 15) is 9.59 Å². The summed E-state index contributed by atoms with van der Waals surface area (Å²) in [6, 6.07) is -0.607. The van der Waals surface area contributed by atoms with Gasteiger partial charge >= 0.3 is 5.97 Å². The van der Waals surface area contributed by atoms with Crippen LogP contribution in [0, 0.1) is 0 Å². The van der Waals surface area contributed by atoms with Crippen LogP contribution in [0.3, 0.4) is 0 Å². The molecule has 0 radical (unpaired) electrons. The SMILES string of the molecule is CCCCC(=O)N1CSCC1C(=O)O. The Kier molecular flexibility index (Phi) is 4.25. The fraction of sp³-hybridized carbons (Fsp3) is 0.778. The number of hydrogen-bond donors (Lipinski definition) is 1. The molecule has 0 aromatic heterocycles. The number of amides is 1. The molecule has 1 aliphatic rings. The maximum atomic E-state index is 11.6. The molecule has 1 unspecified atom stereocenters. The van der Waals surface area contributed by atoms with E-state index in [1.807, 2.05) is 6.92 Å². The van der Waals surface area contributed by atoms with Crippen molar-refractivity contribution in [2.45, 2.75) is 32.2 Å². The Morgan fingerprint density at radius 1 is 1.57 bits per heavy atom. The van der Waals surface area contributed by atoms with Gasteiger partial charge in [-0.2, -0.15) is 0 Å². The Bertz CT molecular complexity index is 232. The van der Waals surface area contributed by atoms with Gasteiger partial charge in [-0.05, 0) is 6.42 Å². The van der Waals surface area contributed by atoms with Crippen LogP contribution in [-0.4, -0.2) is 39.6 Å². The van der Waals surface area contributed by atoms with Crippen LogP contribution in [-0.2, 0) is 9.59 Å². The summed E-state index contributed by atoms with van der Waals surface area (Å²) in [5.74, 6) is 0.135. The van der Waals surface area contributed by atoms with Gasteiger partial charge in [-0.3, -0.25) is 4.79 Å². The summed E-state index contributed by atoms with van der Waals surface area (Å²) in [6.07, 6.45) is 2.28. The summed E-state index contributed by atoms with van der Waals surface area (Å²) in [4.78, 5) is 23.8. The first-order chi connectivity index (χ1) is 6.66. The molecule has 1 fully saturated rings. The predicted molar refractivity (Wildman–Crippen MR) is 55.1 cm³/mol. The van der Waals surface area contributed by atoms with Crippen molar-refractivity contribution >= 4 is 23.6 Å². The summed E-state index contributed by atoms with van der Waals surface area (Å²) in [6.45, 7) is 2.01. The summed E-state index contributed by atoms with van der Waals surface area (Å²) >= 11 is 1.50. The van der Waals surface area contributed by atoms with Gasteiger partial charge in [-0.15, -0.1) is 11.8 Å². The first kappa shape index (κ1) is 11.4. The van der Waals surface area contributed by atoms with E-state index in [0.717, 1.165) is 12.8 Å². The molecule has 0 bridgehead atoms. The van der Waals surface area contributed by atoms with Gasteiger partial charge in [0.25, 0.3) is 0 Å². The van der Waals surface area contributed by atoms with Crippen LogP contribution in [0.1, 0.15) is 26.2 Å². The lowest BCUT2D eigenvalue weighted by Crippen LogP contribution is -2.41. The minimum absolute atomic E-state index is 0.0238. The molecule has 80 valence electrons. The Morgan fingerprint density at radius 2 is 2.29 bits per heavy atom. The molecule has 5 heteroatoms. The summed E-state index contributed by atoms with van der Waals surface area (Å²) < 4.78 is 0. The van der Waals surface area contributed by atoms with Gasteiger partial charge in [0.15, 0.2) is 0 Å². The molecule has 1 amide bonds. The van der Waals surface area contributed by atoms with E-state index in [2.05, 4.69) is 0 Å². The number of carboxylic acid groups (broad SMARTS) is 1. The maximum Gasteiger partial charge on any atom is 0.327 e. The van der Waals surface area contributed by atoms with E-state index in [-0.39, 0.29) is 5.91 Å². The number of carboxylic acids is 1. The van der Waals surface area contributed by atoms with Crippen LogP contribution in [0.15, 0.2) is 0 Å². The first-order valence-electron chi connectivity index (χ1n) is 4.76. The minimum atomic E-state index is -0.889. The fourth-order valence-corrected chi connectivity index (χ4v) is 2.54. The van der Waals surface area contributed by atoms with Crippen molar-refractivity contribution in [2.24, 2.45) is 0 Å². The van der Waals surface area contributed by atoms with Gasteiger partial charge in [0.2, 0.25) is 5.91 Å². The number of hydrogen-bond acceptors (Lipinski definition) is 3. The molecule has 0 spiro atoms. The van der Waals surface area contributed by atoms with E-state index in [0.29, 0.717) is 18.1 Å². The molecule has 4 nitrogen and oxygen atoms in total. The predicted octanol–water partition coefficient (Wildman–Crippen LogP) is 1.16. The second-order valence-electron chi connectivity index (χ2n) is 3.32. The van der Waals surface area contributed by atoms with E-state index >= 15 is 0 Å². The van der Waals surface area contributed by atoms with Crippen molar-refractivity contribution in [1.29, 1.82) is 0 Å². The third kappa shape index (κ3) is 2.64. The average molecular weight is 217 g/mol. The molecule has 1 saturated heterocycles. The van der Waals surface area contributed by atoms with Crippen LogP contribution >= 0.6 is 11.8 Å². The van der Waals surface area contributed by atoms with Crippen LogP contribution in [0.25, 0.3) is 0 Å². The molecular weight excluding hydrogens is 202 g/mol. The maximum absolute atomic E-state index is 11.6. The molecular formula is C9H15NO3S. The highest BCUT2D eigenvalue weighted by Crippen LogP contribution is 2.22. The lowest BCUT2D eigenvalue weighted by molar-refractivity contribution is -0.147. The van der Waals surface area contributed by atoms with Crippen LogP contribution in [0.2, 0.25) is 0 Å². The molecule has 0 aromatic rings. The largest absolute Gasteiger partial charge is 0.480 e. The van der Waals surface area contributed by atoms with Gasteiger partial charge in [-0.1, -0.05) is 13.3 Å². The van der Waals surface area contributed by atoms with Crippen molar-refractivity contribution in [3.05, 3.63) is 0 Å². The van der Waals surface area contributed by atoms with E-state index in [1.165, 1.54) is 16.7 Å². The second-order valence-corrected chi connectivity index (χ2v) is 4.32. The highest BCUT2D eigenvalue weighted by Gasteiger charge is 2.33. The molecule has 1 aliphatic heterocycles. The number of carbonyl (C=O) groups is 2. The number of carbonyl (C=O) groups excluding carboxylic acids is 1. The lowest BCUT2D eigenvalue weighted by atomic mass is 10.2. The van der Waals surface area contributed by atoms with Crippen molar-refractivity contribution in [3.63, 3.8) is 0 Å². The highest BCUT2D eigenvalue weighted by molar-refractivity contribution is 7.99. The van der Waals surface area contributed by atoms with Gasteiger partial charge in [0.05, 0.1) is 5.88 Å². The van der Waals surface area contributed by atoms with Crippen molar-refractivity contribution in [2.75, 3.05) is 11.6 Å². The number of unbranched alkanes of at least 4 members (excludes halogenated alkanes) is 1. The number of aliphatic carboxylic acids is 1. The Labute approximate surface area is 87.7 Å². The normalized spacial score (nSPS) is 21.2. The van der Waals surface area contributed by atoms with Gasteiger partial charge in [0, 0.05) is 12.2 Å². The number of thioether (sulfide) groups is 1. The highest BCUT2D eigenvalue weighted by atomic mass is 32.2. The topological polar surface area (TPSA) is 57.6 Å². The Morgan fingerprint density at radius 3 is 2.86 bits per heavy atom. The zero-order chi connectivity index (χ0) is 10.6. The monoisotopic (exact) mass is 217 g/mol. The molecule has 1 N–H and O–H groups in total. The van der Waals surface area contributed by atoms with Crippen LogP contribution < -0.4 is 0 Å². The number of rotatable bonds is 4. The Balaban J connectivity index is 2.49. The summed E-state index contributed by atoms with van der Waals surface area (Å²) in [5, 5.41) is 8.85. The standard InChI is InChI=1S/C9H15NO3S/c1-2-3-4-8(11)10-6-14-5-7(10)9(12)13/h7H,2-6H2,1H3,(H,12,13). The van der Waals surface area contributed by atoms with Crippen molar-refractivity contribution in [3.8, 4) is 0 Å². The molecule has 1 rings (SSSR count). The first-order valence-corrected chi connectivity index (χ1v) is 5.92. The van der Waals surface area contributed by atoms with Crippen molar-refractivity contribution in [1.82, 2.24) is 4.90 Å². The average Bonchev–Trinajstić information content (AvgIpc) is 2.62. The van der Waals surface area contributed by atoms with Gasteiger partial charge < -0.3 is 10.0 Å². The van der Waals surface area contributed by atoms with Crippen LogP contribution in [0.5, 0.6) is 0 Å². The molecule has 14 heavy (non-hydrogen) atoms. The van der Waals surface area contributed by atoms with Crippen molar-refractivity contribution < 1.29 is 14.7 Å². The van der Waals surface area contributed by atoms with Gasteiger partial charge in [0.1, 0.15) is 6.04 Å². The smallest absolute Gasteiger partial charge is 0.327 e. The summed E-state index contributed by atoms with van der Waals surface area (Å²) in [5.41, 5.74) is 0. The molecule has 1 atom stereocenters. The quantitative estimate of drug-likeness (QED) is 0.767. The fourth-order valence-electron chi connectivity index (χ4n) is 1.36. The third-order valence-corrected chi connectivity index (χ3v) is 3.24. The second kappa shape index (κ2) is 5.24. The van der Waals surface area contributed by atoms with Crippen LogP contribution in [0.4, 0.5) is 0 Å². The lowest BCUT2D eigenvalue weighted by Gasteiger charge is -2.20. The zero-order valence-electron chi connectivity index (χ0n) is 8.23. The van der Waals surface area contributed by atoms with E-state index in [1.54, 1.807) is 0 Å². The summed E-state index contributed by atoms with van der Waals surface area (Å²) in [7, 11) is 0. The minimum Gasteiger partial charge on any atom is -0.480 e. The Hall–Kier alpha value is -0.710. The van der Waals surface area contributed by atoms with E-state index < -0.39 is 12.0 Å². The molecule has 1 heterocycles. The molecule has 0 saturated carbocycles. The number of nitrogens with zero attached hydrogens (tertiary/aromatic N) is 1. The molecule has 0 aromatic carbocycles.